The Morgan fingerprint density at radius 3 is 2.23 bits per heavy atom. The van der Waals surface area contributed by atoms with E-state index in [1.807, 2.05) is 0 Å². The Morgan fingerprint density at radius 1 is 1.13 bits per heavy atom. The molecule has 0 radical (unpaired) electrons. The molecule has 3 aromatic rings. The molecule has 0 aromatic heterocycles. The van der Waals surface area contributed by atoms with E-state index in [2.05, 4.69) is 0 Å². The number of aliphatic carboxylic acids is 1. The number of carbonyl (C=O) groups excluding carboxylic acids is 1. The summed E-state index contributed by atoms with van der Waals surface area (Å²) in [5, 5.41) is 22.1. The van der Waals surface area contributed by atoms with Crippen LogP contribution in [0.2, 0.25) is 10.0 Å². The van der Waals surface area contributed by atoms with Gasteiger partial charge < -0.3 is 14.9 Å². The van der Waals surface area contributed by atoms with Crippen molar-refractivity contribution < 1.29 is 28.9 Å². The maximum absolute atomic E-state index is 16.3. The molecule has 0 spiro atoms. The third-order valence-electron chi connectivity index (χ3n) is 8.17. The average Bonchev–Trinajstić information content (AvgIpc) is 3.11. The van der Waals surface area contributed by atoms with Crippen molar-refractivity contribution in [2.75, 3.05) is 7.11 Å². The second-order valence-electron chi connectivity index (χ2n) is 10.4. The molecule has 1 saturated carbocycles. The van der Waals surface area contributed by atoms with E-state index in [4.69, 9.17) is 27.9 Å². The second-order valence-corrected chi connectivity index (χ2v) is 11.2. The third kappa shape index (κ3) is 4.51. The predicted molar refractivity (Wildman–Crippen MR) is 145 cm³/mol. The Labute approximate surface area is 235 Å². The molecule has 3 atom stereocenters. The minimum Gasteiger partial charge on any atom is -0.481 e. The molecule has 1 fully saturated rings. The molecule has 39 heavy (non-hydrogen) atoms. The summed E-state index contributed by atoms with van der Waals surface area (Å²) in [5.74, 6) is -2.57. The molecule has 3 aromatic carbocycles. The van der Waals surface area contributed by atoms with Gasteiger partial charge in [-0.15, -0.1) is 0 Å². The van der Waals surface area contributed by atoms with Gasteiger partial charge in [-0.2, -0.15) is 0 Å². The van der Waals surface area contributed by atoms with Crippen molar-refractivity contribution in [1.29, 1.82) is 0 Å². The van der Waals surface area contributed by atoms with Crippen molar-refractivity contribution in [2.45, 2.75) is 50.0 Å². The van der Waals surface area contributed by atoms with E-state index >= 15 is 4.39 Å². The van der Waals surface area contributed by atoms with Gasteiger partial charge in [0, 0.05) is 22.7 Å². The van der Waals surface area contributed by atoms with Gasteiger partial charge in [0.1, 0.15) is 5.82 Å². The van der Waals surface area contributed by atoms with Crippen LogP contribution in [0.1, 0.15) is 71.3 Å². The number of ether oxygens (including phenoxy) is 1. The third-order valence-corrected chi connectivity index (χ3v) is 8.67. The molecule has 9 heteroatoms. The van der Waals surface area contributed by atoms with E-state index in [0.29, 0.717) is 26.7 Å². The van der Waals surface area contributed by atoms with Crippen LogP contribution in [0.25, 0.3) is 0 Å². The van der Waals surface area contributed by atoms with E-state index in [1.165, 1.54) is 24.1 Å². The molecular formula is C30H28Cl2FNO5. The molecule has 1 heterocycles. The Balaban J connectivity index is 1.78. The number of methoxy groups -OCH3 is 1. The summed E-state index contributed by atoms with van der Waals surface area (Å²) >= 11 is 12.2. The summed E-state index contributed by atoms with van der Waals surface area (Å²) in [7, 11) is 1.35. The highest BCUT2D eigenvalue weighted by Crippen LogP contribution is 2.52. The van der Waals surface area contributed by atoms with Crippen LogP contribution in [-0.4, -0.2) is 34.1 Å². The predicted octanol–water partition coefficient (Wildman–Crippen LogP) is 6.66. The zero-order chi connectivity index (χ0) is 28.1. The van der Waals surface area contributed by atoms with E-state index in [-0.39, 0.29) is 17.0 Å². The number of rotatable bonds is 8. The highest BCUT2D eigenvalue weighted by Gasteiger charge is 2.57. The van der Waals surface area contributed by atoms with Crippen molar-refractivity contribution in [1.82, 2.24) is 4.90 Å². The first-order chi connectivity index (χ1) is 18.5. The average molecular weight is 572 g/mol. The van der Waals surface area contributed by atoms with Gasteiger partial charge in [-0.25, -0.2) is 4.39 Å². The minimum absolute atomic E-state index is 0.00532. The number of fused-ring (bicyclic) bond motifs is 1. The molecule has 1 amide bonds. The molecule has 0 bridgehead atoms. The fourth-order valence-corrected chi connectivity index (χ4v) is 6.11. The second kappa shape index (κ2) is 10.2. The standard InChI is InChI=1S/C30H28Cl2FNO5/c1-29(38,18-4-3-5-18)20-14-23-27(24(33)15-20)30(39-2,19-8-12-22(32)13-9-19)34(28(23)37)25(16-26(35)36)17-6-10-21(31)11-7-17/h6-15,18,25,38H,3-5,16H2,1-2H3,(H,35,36)/t25-,29-,30+/m0/s1. The number of hydrogen-bond donors (Lipinski definition) is 2. The zero-order valence-electron chi connectivity index (χ0n) is 21.5. The van der Waals surface area contributed by atoms with Crippen LogP contribution < -0.4 is 0 Å². The number of benzene rings is 3. The molecule has 2 aliphatic rings. The maximum Gasteiger partial charge on any atom is 0.305 e. The largest absolute Gasteiger partial charge is 0.481 e. The maximum atomic E-state index is 16.3. The van der Waals surface area contributed by atoms with E-state index in [9.17, 15) is 19.8 Å². The summed E-state index contributed by atoms with van der Waals surface area (Å²) in [6.07, 6.45) is 2.10. The molecular weight excluding hydrogens is 544 g/mol. The SMILES string of the molecule is CO[C@]1(c2ccc(Cl)cc2)c2c(F)cc([C@@](C)(O)C3CCC3)cc2C(=O)N1[C@@H](CC(=O)O)c1ccc(Cl)cc1. The van der Waals surface area contributed by atoms with Gasteiger partial charge in [0.05, 0.1) is 29.2 Å². The van der Waals surface area contributed by atoms with Crippen LogP contribution in [0.3, 0.4) is 0 Å². The first kappa shape index (κ1) is 27.6. The van der Waals surface area contributed by atoms with Gasteiger partial charge in [-0.3, -0.25) is 14.5 Å². The first-order valence-electron chi connectivity index (χ1n) is 12.7. The van der Waals surface area contributed by atoms with Crippen molar-refractivity contribution in [2.24, 2.45) is 5.92 Å². The van der Waals surface area contributed by atoms with Crippen LogP contribution in [0.4, 0.5) is 4.39 Å². The quantitative estimate of drug-likeness (QED) is 0.315. The lowest BCUT2D eigenvalue weighted by molar-refractivity contribution is -0.142. The molecule has 1 aliphatic heterocycles. The molecule has 1 aliphatic carbocycles. The van der Waals surface area contributed by atoms with Gasteiger partial charge in [-0.1, -0.05) is 53.9 Å². The van der Waals surface area contributed by atoms with E-state index in [0.717, 1.165) is 19.3 Å². The zero-order valence-corrected chi connectivity index (χ0v) is 23.0. The van der Waals surface area contributed by atoms with Crippen LogP contribution in [0.5, 0.6) is 0 Å². The van der Waals surface area contributed by atoms with Crippen molar-refractivity contribution >= 4 is 35.1 Å². The topological polar surface area (TPSA) is 87.1 Å². The summed E-state index contributed by atoms with van der Waals surface area (Å²) in [6, 6.07) is 14.6. The van der Waals surface area contributed by atoms with Crippen LogP contribution in [0, 0.1) is 11.7 Å². The van der Waals surface area contributed by atoms with Crippen molar-refractivity contribution in [3.05, 3.63) is 104 Å². The lowest BCUT2D eigenvalue weighted by atomic mass is 9.70. The molecule has 0 unspecified atom stereocenters. The van der Waals surface area contributed by atoms with Gasteiger partial charge >= 0.3 is 5.97 Å². The first-order valence-corrected chi connectivity index (χ1v) is 13.4. The number of carboxylic acid groups (broad SMARTS) is 1. The number of halogens is 3. The molecule has 5 rings (SSSR count). The number of hydrogen-bond acceptors (Lipinski definition) is 4. The summed E-state index contributed by atoms with van der Waals surface area (Å²) in [5.41, 5.74) is -2.03. The lowest BCUT2D eigenvalue weighted by Crippen LogP contribution is -2.49. The van der Waals surface area contributed by atoms with Crippen LogP contribution in [0.15, 0.2) is 60.7 Å². The van der Waals surface area contributed by atoms with E-state index < -0.39 is 41.5 Å². The molecule has 0 saturated heterocycles. The Morgan fingerprint density at radius 2 is 1.72 bits per heavy atom. The number of carboxylic acids is 1. The smallest absolute Gasteiger partial charge is 0.305 e. The van der Waals surface area contributed by atoms with Gasteiger partial charge in [0.25, 0.3) is 5.91 Å². The summed E-state index contributed by atoms with van der Waals surface area (Å²) < 4.78 is 22.4. The number of carbonyl (C=O) groups is 2. The summed E-state index contributed by atoms with van der Waals surface area (Å²) in [4.78, 5) is 27.7. The van der Waals surface area contributed by atoms with Crippen molar-refractivity contribution in [3.63, 3.8) is 0 Å². The van der Waals surface area contributed by atoms with Gasteiger partial charge in [-0.05, 0) is 73.2 Å². The highest BCUT2D eigenvalue weighted by molar-refractivity contribution is 6.30. The molecule has 2 N–H and O–H groups in total. The van der Waals surface area contributed by atoms with Gasteiger partial charge in [0.2, 0.25) is 0 Å². The number of nitrogens with zero attached hydrogens (tertiary/aromatic N) is 1. The van der Waals surface area contributed by atoms with E-state index in [1.54, 1.807) is 55.5 Å². The molecule has 6 nitrogen and oxygen atoms in total. The fourth-order valence-electron chi connectivity index (χ4n) is 5.86. The lowest BCUT2D eigenvalue weighted by Gasteiger charge is -2.43. The number of aliphatic hydroxyl groups is 1. The fraction of sp³-hybridized carbons (Fsp3) is 0.333. The van der Waals surface area contributed by atoms with Gasteiger partial charge in [0.15, 0.2) is 5.72 Å². The minimum atomic E-state index is -1.82. The number of amides is 1. The normalized spacial score (nSPS) is 21.3. The van der Waals surface area contributed by atoms with Crippen LogP contribution >= 0.6 is 23.2 Å². The van der Waals surface area contributed by atoms with Crippen molar-refractivity contribution in [3.8, 4) is 0 Å². The highest BCUT2D eigenvalue weighted by atomic mass is 35.5. The molecule has 204 valence electrons. The Kier molecular flexibility index (Phi) is 7.22. The Bertz CT molecular complexity index is 1420. The summed E-state index contributed by atoms with van der Waals surface area (Å²) in [6.45, 7) is 1.64. The monoisotopic (exact) mass is 571 g/mol. The van der Waals surface area contributed by atoms with Crippen LogP contribution in [-0.2, 0) is 20.9 Å². The Hall–Kier alpha value is -2.97.